The first kappa shape index (κ1) is 16.3. The molecule has 0 bridgehead atoms. The maximum Gasteiger partial charge on any atom is 0.271 e. The van der Waals surface area contributed by atoms with Crippen molar-refractivity contribution >= 4 is 5.91 Å². The number of aromatic nitrogens is 3. The van der Waals surface area contributed by atoms with E-state index in [2.05, 4.69) is 14.7 Å². The molecule has 2 fully saturated rings. The van der Waals surface area contributed by atoms with E-state index in [1.165, 1.54) is 12.8 Å². The van der Waals surface area contributed by atoms with Crippen LogP contribution in [0.5, 0.6) is 0 Å². The lowest BCUT2D eigenvalue weighted by Crippen LogP contribution is -2.34. The predicted molar refractivity (Wildman–Crippen MR) is 90.2 cm³/mol. The van der Waals surface area contributed by atoms with E-state index in [-0.39, 0.29) is 18.1 Å². The lowest BCUT2D eigenvalue weighted by molar-refractivity contribution is 0.0658. The van der Waals surface area contributed by atoms with Crippen molar-refractivity contribution in [3.8, 4) is 0 Å². The number of hydrogen-bond acceptors (Lipinski definition) is 5. The molecule has 2 aromatic rings. The molecule has 1 aliphatic heterocycles. The molecule has 134 valence electrons. The van der Waals surface area contributed by atoms with Crippen LogP contribution >= 0.6 is 0 Å². The van der Waals surface area contributed by atoms with Gasteiger partial charge < -0.3 is 18.7 Å². The molecule has 1 aliphatic carbocycles. The number of aryl methyl sites for hydroxylation is 1. The van der Waals surface area contributed by atoms with Gasteiger partial charge in [-0.3, -0.25) is 4.79 Å². The number of methoxy groups -OCH3 is 1. The number of likely N-dealkylation sites (tertiary alicyclic amines) is 1. The number of hydrogen-bond donors (Lipinski definition) is 0. The summed E-state index contributed by atoms with van der Waals surface area (Å²) in [6.45, 7) is 2.32. The minimum atomic E-state index is -0.231. The maximum absolute atomic E-state index is 13.3. The quantitative estimate of drug-likeness (QED) is 0.853. The first-order valence-electron chi connectivity index (χ1n) is 8.98. The van der Waals surface area contributed by atoms with Gasteiger partial charge in [0.05, 0.1) is 6.10 Å². The fourth-order valence-electron chi connectivity index (χ4n) is 4.10. The van der Waals surface area contributed by atoms with E-state index in [0.717, 1.165) is 18.5 Å². The number of amides is 1. The fourth-order valence-corrected chi connectivity index (χ4v) is 4.10. The third kappa shape index (κ3) is 2.97. The molecule has 7 heteroatoms. The Balaban J connectivity index is 1.62. The molecule has 0 aromatic carbocycles. The van der Waals surface area contributed by atoms with Crippen molar-refractivity contribution in [2.75, 3.05) is 13.7 Å². The van der Waals surface area contributed by atoms with Crippen LogP contribution in [0.2, 0.25) is 0 Å². The molecule has 3 heterocycles. The van der Waals surface area contributed by atoms with Gasteiger partial charge in [-0.2, -0.15) is 4.98 Å². The SMILES string of the molecule is CO[C@H]1C[C@H](c2nc(C)no2)N(C(=O)c2cccn2C2CCCC2)C1. The van der Waals surface area contributed by atoms with Crippen molar-refractivity contribution in [1.82, 2.24) is 19.6 Å². The van der Waals surface area contributed by atoms with Crippen molar-refractivity contribution in [2.24, 2.45) is 0 Å². The Hall–Kier alpha value is -2.15. The average Bonchev–Trinajstić information content (AvgIpc) is 3.37. The van der Waals surface area contributed by atoms with Gasteiger partial charge in [-0.15, -0.1) is 0 Å². The monoisotopic (exact) mass is 344 g/mol. The Kier molecular flexibility index (Phi) is 4.33. The average molecular weight is 344 g/mol. The lowest BCUT2D eigenvalue weighted by atomic mass is 10.2. The zero-order chi connectivity index (χ0) is 17.4. The number of nitrogens with zero attached hydrogens (tertiary/aromatic N) is 4. The van der Waals surface area contributed by atoms with Crippen LogP contribution in [0.25, 0.3) is 0 Å². The molecule has 2 aliphatic rings. The number of rotatable bonds is 4. The number of carbonyl (C=O) groups excluding carboxylic acids is 1. The summed E-state index contributed by atoms with van der Waals surface area (Å²) in [4.78, 5) is 19.5. The molecule has 2 atom stereocenters. The van der Waals surface area contributed by atoms with Crippen molar-refractivity contribution in [2.45, 2.75) is 57.2 Å². The van der Waals surface area contributed by atoms with E-state index >= 15 is 0 Å². The molecule has 1 saturated heterocycles. The van der Waals surface area contributed by atoms with Gasteiger partial charge in [0.1, 0.15) is 11.7 Å². The number of ether oxygens (including phenoxy) is 1. The highest BCUT2D eigenvalue weighted by atomic mass is 16.5. The molecule has 0 unspecified atom stereocenters. The van der Waals surface area contributed by atoms with Gasteiger partial charge in [-0.1, -0.05) is 18.0 Å². The molecule has 1 amide bonds. The molecule has 0 N–H and O–H groups in total. The first-order valence-corrected chi connectivity index (χ1v) is 8.98. The van der Waals surface area contributed by atoms with Crippen LogP contribution in [0.1, 0.15) is 66.4 Å². The summed E-state index contributed by atoms with van der Waals surface area (Å²) >= 11 is 0. The van der Waals surface area contributed by atoms with Crippen molar-refractivity contribution in [3.05, 3.63) is 35.7 Å². The largest absolute Gasteiger partial charge is 0.380 e. The molecule has 4 rings (SSSR count). The van der Waals surface area contributed by atoms with Gasteiger partial charge in [-0.25, -0.2) is 0 Å². The maximum atomic E-state index is 13.3. The zero-order valence-electron chi connectivity index (χ0n) is 14.7. The van der Waals surface area contributed by atoms with Crippen LogP contribution in [-0.4, -0.2) is 45.3 Å². The normalized spacial score (nSPS) is 24.3. The van der Waals surface area contributed by atoms with Crippen LogP contribution in [0, 0.1) is 6.92 Å². The number of carbonyl (C=O) groups is 1. The van der Waals surface area contributed by atoms with E-state index in [4.69, 9.17) is 9.26 Å². The van der Waals surface area contributed by atoms with Crippen LogP contribution in [0.15, 0.2) is 22.9 Å². The minimum Gasteiger partial charge on any atom is -0.380 e. The summed E-state index contributed by atoms with van der Waals surface area (Å²) < 4.78 is 13.0. The summed E-state index contributed by atoms with van der Waals surface area (Å²) in [7, 11) is 1.68. The smallest absolute Gasteiger partial charge is 0.271 e. The highest BCUT2D eigenvalue weighted by Gasteiger charge is 2.40. The summed E-state index contributed by atoms with van der Waals surface area (Å²) in [5.74, 6) is 1.08. The van der Waals surface area contributed by atoms with E-state index in [9.17, 15) is 4.79 Å². The van der Waals surface area contributed by atoms with Crippen LogP contribution in [0.3, 0.4) is 0 Å². The van der Waals surface area contributed by atoms with Gasteiger partial charge in [0.25, 0.3) is 5.91 Å². The van der Waals surface area contributed by atoms with Gasteiger partial charge in [-0.05, 0) is 31.9 Å². The summed E-state index contributed by atoms with van der Waals surface area (Å²) in [6, 6.07) is 4.07. The molecule has 0 radical (unpaired) electrons. The molecule has 0 spiro atoms. The van der Waals surface area contributed by atoms with Crippen molar-refractivity contribution in [1.29, 1.82) is 0 Å². The van der Waals surface area contributed by atoms with Gasteiger partial charge in [0, 0.05) is 32.3 Å². The Labute approximate surface area is 146 Å². The molecule has 2 aromatic heterocycles. The van der Waals surface area contributed by atoms with Crippen LogP contribution in [-0.2, 0) is 4.74 Å². The van der Waals surface area contributed by atoms with E-state index in [0.29, 0.717) is 30.7 Å². The third-order valence-electron chi connectivity index (χ3n) is 5.40. The Bertz CT molecular complexity index is 747. The van der Waals surface area contributed by atoms with Crippen molar-refractivity contribution in [3.63, 3.8) is 0 Å². The summed E-state index contributed by atoms with van der Waals surface area (Å²) in [5.41, 5.74) is 0.741. The lowest BCUT2D eigenvalue weighted by Gasteiger charge is -2.24. The standard InChI is InChI=1S/C18H24N4O3/c1-12-19-17(25-20-12)16-10-14(24-2)11-22(16)18(23)15-8-5-9-21(15)13-6-3-4-7-13/h5,8-9,13-14,16H,3-4,6-7,10-11H2,1-2H3/t14-,16+/m0/s1. The molecule has 25 heavy (non-hydrogen) atoms. The van der Waals surface area contributed by atoms with E-state index in [1.54, 1.807) is 14.0 Å². The highest BCUT2D eigenvalue weighted by Crippen LogP contribution is 2.35. The van der Waals surface area contributed by atoms with Crippen molar-refractivity contribution < 1.29 is 14.1 Å². The van der Waals surface area contributed by atoms with E-state index < -0.39 is 0 Å². The Morgan fingerprint density at radius 1 is 1.36 bits per heavy atom. The second-order valence-corrected chi connectivity index (χ2v) is 6.99. The predicted octanol–water partition coefficient (Wildman–Crippen LogP) is 2.90. The fraction of sp³-hybridized carbons (Fsp3) is 0.611. The van der Waals surface area contributed by atoms with Gasteiger partial charge >= 0.3 is 0 Å². The second-order valence-electron chi connectivity index (χ2n) is 6.99. The van der Waals surface area contributed by atoms with Crippen LogP contribution in [0.4, 0.5) is 0 Å². The zero-order valence-corrected chi connectivity index (χ0v) is 14.7. The molecular weight excluding hydrogens is 320 g/mol. The Morgan fingerprint density at radius 2 is 2.16 bits per heavy atom. The highest BCUT2D eigenvalue weighted by molar-refractivity contribution is 5.93. The van der Waals surface area contributed by atoms with Gasteiger partial charge in [0.2, 0.25) is 5.89 Å². The molecule has 1 saturated carbocycles. The summed E-state index contributed by atoms with van der Waals surface area (Å²) in [6.07, 6.45) is 7.43. The second kappa shape index (κ2) is 6.63. The first-order chi connectivity index (χ1) is 12.2. The molecule has 7 nitrogen and oxygen atoms in total. The third-order valence-corrected chi connectivity index (χ3v) is 5.40. The Morgan fingerprint density at radius 3 is 2.84 bits per heavy atom. The van der Waals surface area contributed by atoms with E-state index in [1.807, 2.05) is 23.2 Å². The molecular formula is C18H24N4O3. The van der Waals surface area contributed by atoms with Gasteiger partial charge in [0.15, 0.2) is 5.82 Å². The van der Waals surface area contributed by atoms with Crippen LogP contribution < -0.4 is 0 Å². The summed E-state index contributed by atoms with van der Waals surface area (Å²) in [5, 5.41) is 3.88. The topological polar surface area (TPSA) is 73.4 Å². The minimum absolute atomic E-state index is 0.0114.